The van der Waals surface area contributed by atoms with Gasteiger partial charge in [0, 0.05) is 0 Å². The molecular weight excluding hydrogens is 383 g/mol. The minimum Gasteiger partial charge on any atom is -0.494 e. The molecule has 0 aliphatic rings. The Hall–Kier alpha value is -3.39. The smallest absolute Gasteiger partial charge is 0.293 e. The second-order valence-corrected chi connectivity index (χ2v) is 6.82. The summed E-state index contributed by atoms with van der Waals surface area (Å²) < 4.78 is 30.1. The van der Waals surface area contributed by atoms with Crippen molar-refractivity contribution in [1.82, 2.24) is 4.98 Å². The van der Waals surface area contributed by atoms with Crippen molar-refractivity contribution in [2.45, 2.75) is 6.61 Å². The van der Waals surface area contributed by atoms with Crippen molar-refractivity contribution in [3.8, 4) is 11.5 Å². The Morgan fingerprint density at radius 2 is 2.00 bits per heavy atom. The van der Waals surface area contributed by atoms with Crippen LogP contribution in [0, 0.1) is 5.82 Å². The molecule has 2 aromatic carbocycles. The van der Waals surface area contributed by atoms with E-state index in [1.165, 1.54) is 35.6 Å². The largest absolute Gasteiger partial charge is 0.494 e. The van der Waals surface area contributed by atoms with Gasteiger partial charge in [-0.15, -0.1) is 0 Å². The number of fused-ring (bicyclic) bond motifs is 1. The van der Waals surface area contributed by atoms with E-state index in [1.54, 1.807) is 19.2 Å². The topological polar surface area (TPSA) is 73.6 Å². The normalized spacial score (nSPS) is 10.8. The molecule has 0 aliphatic heterocycles. The average Bonchev–Trinajstić information content (AvgIpc) is 3.33. The van der Waals surface area contributed by atoms with Crippen LogP contribution in [0.15, 0.2) is 59.0 Å². The number of amides is 1. The van der Waals surface area contributed by atoms with E-state index < -0.39 is 5.91 Å². The minimum atomic E-state index is -0.411. The SMILES string of the molecule is COc1cccc2sc(NC(=O)c3ccc(COc4ccc(F)cc4)o3)nc12. The number of hydrogen-bond acceptors (Lipinski definition) is 6. The predicted molar refractivity (Wildman–Crippen MR) is 104 cm³/mol. The number of carbonyl (C=O) groups excluding carboxylic acids is 1. The lowest BCUT2D eigenvalue weighted by Crippen LogP contribution is -2.10. The molecule has 2 aromatic heterocycles. The molecule has 0 saturated heterocycles. The Morgan fingerprint density at radius 1 is 1.18 bits per heavy atom. The molecule has 28 heavy (non-hydrogen) atoms. The van der Waals surface area contributed by atoms with E-state index in [2.05, 4.69) is 10.3 Å². The fourth-order valence-electron chi connectivity index (χ4n) is 2.56. The Balaban J connectivity index is 1.42. The standard InChI is InChI=1S/C20H15FN2O4S/c1-25-15-3-2-4-17-18(15)22-20(28-17)23-19(24)16-10-9-14(27-16)11-26-13-7-5-12(21)6-8-13/h2-10H,11H2,1H3,(H,22,23,24). The summed E-state index contributed by atoms with van der Waals surface area (Å²) in [5.41, 5.74) is 0.693. The van der Waals surface area contributed by atoms with E-state index in [1.807, 2.05) is 18.2 Å². The number of benzene rings is 2. The third-order valence-corrected chi connectivity index (χ3v) is 4.84. The molecule has 142 valence electrons. The highest BCUT2D eigenvalue weighted by Crippen LogP contribution is 2.32. The van der Waals surface area contributed by atoms with Crippen LogP contribution in [-0.2, 0) is 6.61 Å². The molecule has 6 nitrogen and oxygen atoms in total. The van der Waals surface area contributed by atoms with Gasteiger partial charge < -0.3 is 13.9 Å². The number of thiazole rings is 1. The van der Waals surface area contributed by atoms with Gasteiger partial charge in [-0.05, 0) is 48.5 Å². The maximum Gasteiger partial charge on any atom is 0.293 e. The van der Waals surface area contributed by atoms with Crippen LogP contribution < -0.4 is 14.8 Å². The molecule has 0 spiro atoms. The summed E-state index contributed by atoms with van der Waals surface area (Å²) >= 11 is 1.35. The summed E-state index contributed by atoms with van der Waals surface area (Å²) in [4.78, 5) is 16.8. The number of nitrogens with zero attached hydrogens (tertiary/aromatic N) is 1. The van der Waals surface area contributed by atoms with Crippen molar-refractivity contribution in [3.05, 3.63) is 71.9 Å². The predicted octanol–water partition coefficient (Wildman–Crippen LogP) is 4.87. The van der Waals surface area contributed by atoms with Gasteiger partial charge in [-0.1, -0.05) is 17.4 Å². The minimum absolute atomic E-state index is 0.122. The molecule has 0 atom stereocenters. The molecule has 0 unspecified atom stereocenters. The highest BCUT2D eigenvalue weighted by atomic mass is 32.1. The molecule has 0 saturated carbocycles. The summed E-state index contributed by atoms with van der Waals surface area (Å²) in [6.45, 7) is 0.122. The number of aromatic nitrogens is 1. The second kappa shape index (κ2) is 7.69. The fourth-order valence-corrected chi connectivity index (χ4v) is 3.44. The molecule has 0 aliphatic carbocycles. The molecule has 0 bridgehead atoms. The van der Waals surface area contributed by atoms with Gasteiger partial charge in [-0.2, -0.15) is 0 Å². The van der Waals surface area contributed by atoms with Gasteiger partial charge in [0.05, 0.1) is 11.8 Å². The molecule has 8 heteroatoms. The summed E-state index contributed by atoms with van der Waals surface area (Å²) in [7, 11) is 1.57. The van der Waals surface area contributed by atoms with Gasteiger partial charge in [0.2, 0.25) is 0 Å². The van der Waals surface area contributed by atoms with Crippen molar-refractivity contribution in [1.29, 1.82) is 0 Å². The van der Waals surface area contributed by atoms with E-state index in [4.69, 9.17) is 13.9 Å². The van der Waals surface area contributed by atoms with Gasteiger partial charge in [-0.3, -0.25) is 10.1 Å². The van der Waals surface area contributed by atoms with Crippen LogP contribution in [0.25, 0.3) is 10.2 Å². The van der Waals surface area contributed by atoms with E-state index in [-0.39, 0.29) is 18.2 Å². The third-order valence-electron chi connectivity index (χ3n) is 3.90. The number of furan rings is 1. The monoisotopic (exact) mass is 398 g/mol. The molecule has 1 N–H and O–H groups in total. The maximum atomic E-state index is 12.9. The lowest BCUT2D eigenvalue weighted by atomic mass is 10.3. The number of halogens is 1. The lowest BCUT2D eigenvalue weighted by Gasteiger charge is -2.03. The lowest BCUT2D eigenvalue weighted by molar-refractivity contribution is 0.0992. The van der Waals surface area contributed by atoms with E-state index in [9.17, 15) is 9.18 Å². The summed E-state index contributed by atoms with van der Waals surface area (Å²) in [5, 5.41) is 3.18. The maximum absolute atomic E-state index is 12.9. The number of ether oxygens (including phenoxy) is 2. The average molecular weight is 398 g/mol. The van der Waals surface area contributed by atoms with Gasteiger partial charge >= 0.3 is 0 Å². The van der Waals surface area contributed by atoms with Crippen molar-refractivity contribution in [2.24, 2.45) is 0 Å². The summed E-state index contributed by atoms with van der Waals surface area (Å²) in [6, 6.07) is 14.5. The van der Waals surface area contributed by atoms with Crippen LogP contribution in [0.1, 0.15) is 16.3 Å². The zero-order valence-corrected chi connectivity index (χ0v) is 15.6. The molecule has 4 rings (SSSR count). The first-order valence-corrected chi connectivity index (χ1v) is 9.16. The van der Waals surface area contributed by atoms with Gasteiger partial charge in [0.15, 0.2) is 10.9 Å². The zero-order valence-electron chi connectivity index (χ0n) is 14.8. The molecule has 1 amide bonds. The Morgan fingerprint density at radius 3 is 2.79 bits per heavy atom. The third kappa shape index (κ3) is 3.81. The highest BCUT2D eigenvalue weighted by molar-refractivity contribution is 7.22. The number of nitrogens with one attached hydrogen (secondary N) is 1. The highest BCUT2D eigenvalue weighted by Gasteiger charge is 2.15. The molecule has 0 radical (unpaired) electrons. The summed E-state index contributed by atoms with van der Waals surface area (Å²) in [6.07, 6.45) is 0. The van der Waals surface area contributed by atoms with Crippen molar-refractivity contribution in [2.75, 3.05) is 12.4 Å². The fraction of sp³-hybridized carbons (Fsp3) is 0.100. The van der Waals surface area contributed by atoms with Crippen LogP contribution in [-0.4, -0.2) is 18.0 Å². The number of methoxy groups -OCH3 is 1. The first-order chi connectivity index (χ1) is 13.6. The van der Waals surface area contributed by atoms with Gasteiger partial charge in [0.25, 0.3) is 5.91 Å². The zero-order chi connectivity index (χ0) is 19.5. The van der Waals surface area contributed by atoms with Gasteiger partial charge in [-0.25, -0.2) is 9.37 Å². The molecular formula is C20H15FN2O4S. The van der Waals surface area contributed by atoms with Crippen LogP contribution in [0.5, 0.6) is 11.5 Å². The molecule has 4 aromatic rings. The van der Waals surface area contributed by atoms with Crippen LogP contribution in [0.4, 0.5) is 9.52 Å². The van der Waals surface area contributed by atoms with Crippen LogP contribution >= 0.6 is 11.3 Å². The quantitative estimate of drug-likeness (QED) is 0.502. The first kappa shape index (κ1) is 18.0. The van der Waals surface area contributed by atoms with Crippen molar-refractivity contribution < 1.29 is 23.1 Å². The number of rotatable bonds is 6. The van der Waals surface area contributed by atoms with Gasteiger partial charge in [0.1, 0.15) is 35.2 Å². The van der Waals surface area contributed by atoms with Crippen molar-refractivity contribution in [3.63, 3.8) is 0 Å². The van der Waals surface area contributed by atoms with E-state index in [0.29, 0.717) is 27.9 Å². The first-order valence-electron chi connectivity index (χ1n) is 8.34. The molecule has 2 heterocycles. The Labute approximate surface area is 163 Å². The summed E-state index contributed by atoms with van der Waals surface area (Å²) in [5.74, 6) is 1.02. The Kier molecular flexibility index (Phi) is 4.94. The van der Waals surface area contributed by atoms with E-state index in [0.717, 1.165) is 4.70 Å². The number of para-hydroxylation sites is 1. The molecule has 0 fully saturated rings. The van der Waals surface area contributed by atoms with Crippen molar-refractivity contribution >= 4 is 32.6 Å². The van der Waals surface area contributed by atoms with E-state index >= 15 is 0 Å². The van der Waals surface area contributed by atoms with Crippen LogP contribution in [0.3, 0.4) is 0 Å². The van der Waals surface area contributed by atoms with Crippen LogP contribution in [0.2, 0.25) is 0 Å². The Bertz CT molecular complexity index is 1120. The number of anilines is 1. The number of carbonyl (C=O) groups is 1. The number of hydrogen-bond donors (Lipinski definition) is 1. The second-order valence-electron chi connectivity index (χ2n) is 5.79.